The zero-order chi connectivity index (χ0) is 16.9. The number of pyridine rings is 2. The molecular formula is C19H18N6. The Morgan fingerprint density at radius 1 is 1.16 bits per heavy atom. The second kappa shape index (κ2) is 5.24. The molecule has 0 radical (unpaired) electrons. The van der Waals surface area contributed by atoms with E-state index < -0.39 is 0 Å². The van der Waals surface area contributed by atoms with Crippen molar-refractivity contribution in [2.45, 2.75) is 19.8 Å². The maximum atomic E-state index is 4.58. The average Bonchev–Trinajstić information content (AvgIpc) is 3.24. The van der Waals surface area contributed by atoms with Crippen LogP contribution < -0.4 is 5.32 Å². The molecule has 1 fully saturated rings. The van der Waals surface area contributed by atoms with Gasteiger partial charge >= 0.3 is 0 Å². The lowest BCUT2D eigenvalue weighted by Crippen LogP contribution is -2.14. The molecule has 4 aromatic rings. The number of anilines is 1. The van der Waals surface area contributed by atoms with Crippen molar-refractivity contribution in [3.63, 3.8) is 0 Å². The summed E-state index contributed by atoms with van der Waals surface area (Å²) in [5.74, 6) is 0.670. The largest absolute Gasteiger partial charge is 0.352 e. The Labute approximate surface area is 145 Å². The smallest absolute Gasteiger partial charge is 0.241 e. The highest BCUT2D eigenvalue weighted by Gasteiger charge is 2.36. The third-order valence-corrected chi connectivity index (χ3v) is 4.96. The molecule has 124 valence electrons. The van der Waals surface area contributed by atoms with Gasteiger partial charge in [-0.1, -0.05) is 6.92 Å². The first-order valence-electron chi connectivity index (χ1n) is 8.50. The van der Waals surface area contributed by atoms with Gasteiger partial charge in [-0.3, -0.25) is 0 Å². The van der Waals surface area contributed by atoms with E-state index in [4.69, 9.17) is 0 Å². The van der Waals surface area contributed by atoms with Crippen LogP contribution in [0.5, 0.6) is 0 Å². The zero-order valence-electron chi connectivity index (χ0n) is 14.0. The molecule has 4 heterocycles. The molecule has 0 bridgehead atoms. The van der Waals surface area contributed by atoms with Crippen LogP contribution >= 0.6 is 0 Å². The van der Waals surface area contributed by atoms with Crippen LogP contribution in [-0.4, -0.2) is 31.1 Å². The molecule has 6 heteroatoms. The van der Waals surface area contributed by atoms with E-state index in [1.165, 1.54) is 12.8 Å². The van der Waals surface area contributed by atoms with Crippen molar-refractivity contribution in [2.24, 2.45) is 5.41 Å². The summed E-state index contributed by atoms with van der Waals surface area (Å²) in [5, 5.41) is 8.95. The Morgan fingerprint density at radius 2 is 2.08 bits per heavy atom. The van der Waals surface area contributed by atoms with E-state index in [2.05, 4.69) is 44.4 Å². The standard InChI is InChI=1S/C19H18N6/c1-19(5-6-19)12-23-18-22-11-16-15(4-8-25(16)24-18)14-9-13-3-2-7-20-17(13)21-10-14/h2-4,7-11H,5-6,12H2,1H3,(H,23,24). The van der Waals surface area contributed by atoms with Gasteiger partial charge in [0, 0.05) is 41.6 Å². The molecule has 1 saturated carbocycles. The number of nitrogens with one attached hydrogen (secondary N) is 1. The zero-order valence-corrected chi connectivity index (χ0v) is 14.0. The van der Waals surface area contributed by atoms with Crippen LogP contribution in [0.2, 0.25) is 0 Å². The van der Waals surface area contributed by atoms with Gasteiger partial charge in [-0.15, -0.1) is 5.10 Å². The summed E-state index contributed by atoms with van der Waals surface area (Å²) in [7, 11) is 0. The summed E-state index contributed by atoms with van der Waals surface area (Å²) in [6.07, 6.45) is 9.99. The Bertz CT molecular complexity index is 1080. The average molecular weight is 330 g/mol. The maximum absolute atomic E-state index is 4.58. The fourth-order valence-corrected chi connectivity index (χ4v) is 3.02. The molecule has 1 aliphatic rings. The van der Waals surface area contributed by atoms with Crippen LogP contribution in [0.25, 0.3) is 27.7 Å². The topological polar surface area (TPSA) is 68.0 Å². The van der Waals surface area contributed by atoms with Gasteiger partial charge in [0.05, 0.1) is 11.7 Å². The summed E-state index contributed by atoms with van der Waals surface area (Å²) >= 11 is 0. The Hall–Kier alpha value is -3.02. The summed E-state index contributed by atoms with van der Waals surface area (Å²) < 4.78 is 1.87. The highest BCUT2D eigenvalue weighted by atomic mass is 15.3. The molecule has 6 nitrogen and oxygen atoms in total. The first-order chi connectivity index (χ1) is 12.2. The van der Waals surface area contributed by atoms with E-state index >= 15 is 0 Å². The molecule has 5 rings (SSSR count). The van der Waals surface area contributed by atoms with E-state index in [0.29, 0.717) is 11.4 Å². The second-order valence-corrected chi connectivity index (χ2v) is 7.08. The predicted octanol–water partition coefficient (Wildman–Crippen LogP) is 3.55. The van der Waals surface area contributed by atoms with Crippen molar-refractivity contribution in [3.05, 3.63) is 49.1 Å². The van der Waals surface area contributed by atoms with Gasteiger partial charge in [0.25, 0.3) is 0 Å². The highest BCUT2D eigenvalue weighted by molar-refractivity contribution is 5.86. The first kappa shape index (κ1) is 14.3. The SMILES string of the molecule is CC1(CNc2ncc3c(-c4cnc5ncccc5c4)ccn3n2)CC1. The molecule has 0 unspecified atom stereocenters. The third-order valence-electron chi connectivity index (χ3n) is 4.96. The van der Waals surface area contributed by atoms with Gasteiger partial charge < -0.3 is 5.32 Å². The van der Waals surface area contributed by atoms with Gasteiger partial charge in [0.15, 0.2) is 5.65 Å². The number of nitrogens with zero attached hydrogens (tertiary/aromatic N) is 5. The number of aromatic nitrogens is 5. The molecule has 0 aromatic carbocycles. The molecule has 1 N–H and O–H groups in total. The van der Waals surface area contributed by atoms with Crippen molar-refractivity contribution in [2.75, 3.05) is 11.9 Å². The molecule has 0 saturated heterocycles. The van der Waals surface area contributed by atoms with Crippen LogP contribution in [0.1, 0.15) is 19.8 Å². The van der Waals surface area contributed by atoms with Gasteiger partial charge in [-0.05, 0) is 42.5 Å². The minimum atomic E-state index is 0.422. The van der Waals surface area contributed by atoms with Crippen LogP contribution in [0, 0.1) is 5.41 Å². The van der Waals surface area contributed by atoms with E-state index in [1.807, 2.05) is 35.2 Å². The van der Waals surface area contributed by atoms with Crippen molar-refractivity contribution >= 4 is 22.5 Å². The summed E-state index contributed by atoms with van der Waals surface area (Å²) in [6, 6.07) is 8.10. The number of hydrogen-bond donors (Lipinski definition) is 1. The van der Waals surface area contributed by atoms with Gasteiger partial charge in [-0.2, -0.15) is 0 Å². The quantitative estimate of drug-likeness (QED) is 0.620. The van der Waals surface area contributed by atoms with Crippen LogP contribution in [0.3, 0.4) is 0 Å². The molecule has 1 aliphatic carbocycles. The van der Waals surface area contributed by atoms with Gasteiger partial charge in [0.1, 0.15) is 0 Å². The summed E-state index contributed by atoms with van der Waals surface area (Å²) in [4.78, 5) is 13.2. The lowest BCUT2D eigenvalue weighted by Gasteiger charge is -2.10. The van der Waals surface area contributed by atoms with E-state index in [9.17, 15) is 0 Å². The number of fused-ring (bicyclic) bond motifs is 2. The van der Waals surface area contributed by atoms with Gasteiger partial charge in [-0.25, -0.2) is 19.5 Å². The second-order valence-electron chi connectivity index (χ2n) is 7.08. The molecule has 0 spiro atoms. The number of hydrogen-bond acceptors (Lipinski definition) is 5. The number of rotatable bonds is 4. The summed E-state index contributed by atoms with van der Waals surface area (Å²) in [6.45, 7) is 3.21. The monoisotopic (exact) mass is 330 g/mol. The van der Waals surface area contributed by atoms with Crippen LogP contribution in [-0.2, 0) is 0 Å². The minimum absolute atomic E-state index is 0.422. The lowest BCUT2D eigenvalue weighted by atomic mass is 10.1. The Kier molecular flexibility index (Phi) is 3.00. The Morgan fingerprint density at radius 3 is 2.96 bits per heavy atom. The molecule has 25 heavy (non-hydrogen) atoms. The first-order valence-corrected chi connectivity index (χ1v) is 8.50. The fourth-order valence-electron chi connectivity index (χ4n) is 3.02. The third kappa shape index (κ3) is 2.59. The predicted molar refractivity (Wildman–Crippen MR) is 97.3 cm³/mol. The van der Waals surface area contributed by atoms with Crippen LogP contribution in [0.15, 0.2) is 49.1 Å². The molecular weight excluding hydrogens is 312 g/mol. The summed E-state index contributed by atoms with van der Waals surface area (Å²) in [5.41, 5.74) is 4.25. The van der Waals surface area contributed by atoms with Gasteiger partial charge in [0.2, 0.25) is 5.95 Å². The molecule has 0 atom stereocenters. The van der Waals surface area contributed by atoms with Crippen molar-refractivity contribution in [3.8, 4) is 11.1 Å². The minimum Gasteiger partial charge on any atom is -0.352 e. The normalized spacial score (nSPS) is 15.6. The van der Waals surface area contributed by atoms with Crippen molar-refractivity contribution < 1.29 is 0 Å². The highest BCUT2D eigenvalue weighted by Crippen LogP contribution is 2.44. The van der Waals surface area contributed by atoms with E-state index in [-0.39, 0.29) is 0 Å². The van der Waals surface area contributed by atoms with Crippen molar-refractivity contribution in [1.82, 2.24) is 24.6 Å². The molecule has 0 amide bonds. The molecule has 0 aliphatic heterocycles. The van der Waals surface area contributed by atoms with Crippen molar-refractivity contribution in [1.29, 1.82) is 0 Å². The Balaban J connectivity index is 1.50. The molecule has 4 aromatic heterocycles. The maximum Gasteiger partial charge on any atom is 0.241 e. The lowest BCUT2D eigenvalue weighted by molar-refractivity contribution is 0.606. The van der Waals surface area contributed by atoms with E-state index in [1.54, 1.807) is 6.20 Å². The fraction of sp³-hybridized carbons (Fsp3) is 0.263. The van der Waals surface area contributed by atoms with E-state index in [0.717, 1.165) is 34.2 Å². The van der Waals surface area contributed by atoms with Crippen LogP contribution in [0.4, 0.5) is 5.95 Å².